The Labute approximate surface area is 144 Å². The topological polar surface area (TPSA) is 54.4 Å². The zero-order valence-electron chi connectivity index (χ0n) is 12.1. The van der Waals surface area contributed by atoms with Gasteiger partial charge in [0.25, 0.3) is 0 Å². The summed E-state index contributed by atoms with van der Waals surface area (Å²) in [6.07, 6.45) is 3.48. The van der Waals surface area contributed by atoms with Gasteiger partial charge in [-0.3, -0.25) is 0 Å². The van der Waals surface area contributed by atoms with Crippen molar-refractivity contribution >= 4 is 46.7 Å². The summed E-state index contributed by atoms with van der Waals surface area (Å²) in [5, 5.41) is 0. The largest absolute Gasteiger partial charge is 0.378 e. The quantitative estimate of drug-likeness (QED) is 0.750. The number of piperidine rings is 1. The number of alkyl halides is 3. The van der Waals surface area contributed by atoms with E-state index >= 15 is 0 Å². The van der Waals surface area contributed by atoms with E-state index < -0.39 is 3.79 Å². The lowest BCUT2D eigenvalue weighted by Gasteiger charge is -2.30. The van der Waals surface area contributed by atoms with E-state index in [1.165, 1.54) is 6.42 Å². The van der Waals surface area contributed by atoms with Gasteiger partial charge < -0.3 is 14.5 Å². The minimum absolute atomic E-state index is 0.176. The van der Waals surface area contributed by atoms with E-state index in [0.29, 0.717) is 25.1 Å². The van der Waals surface area contributed by atoms with Gasteiger partial charge in [-0.15, -0.1) is 0 Å². The van der Waals surface area contributed by atoms with E-state index in [0.717, 1.165) is 39.0 Å². The lowest BCUT2D eigenvalue weighted by molar-refractivity contribution is 0.122. The van der Waals surface area contributed by atoms with Crippen LogP contribution in [-0.2, 0) is 8.53 Å². The first kappa shape index (κ1) is 16.3. The molecular formula is C13H18Cl3N5O. The molecule has 2 aliphatic rings. The molecule has 9 heteroatoms. The van der Waals surface area contributed by atoms with E-state index in [1.807, 2.05) is 4.90 Å². The molecule has 0 saturated carbocycles. The molecule has 2 aliphatic heterocycles. The Balaban J connectivity index is 1.93. The van der Waals surface area contributed by atoms with Crippen molar-refractivity contribution in [3.63, 3.8) is 0 Å². The monoisotopic (exact) mass is 365 g/mol. The first-order chi connectivity index (χ1) is 10.5. The smallest absolute Gasteiger partial charge is 0.250 e. The summed E-state index contributed by atoms with van der Waals surface area (Å²) in [5.41, 5.74) is 0. The van der Waals surface area contributed by atoms with Crippen LogP contribution in [0, 0.1) is 0 Å². The molecule has 0 spiro atoms. The highest BCUT2D eigenvalue weighted by atomic mass is 35.6. The van der Waals surface area contributed by atoms with E-state index in [1.54, 1.807) is 0 Å². The third-order valence-electron chi connectivity index (χ3n) is 3.80. The SMILES string of the molecule is ClC(Cl)(Cl)c1nc(N2CCCCC2)nc(N2CCOCC2)n1. The van der Waals surface area contributed by atoms with E-state index in [-0.39, 0.29) is 5.82 Å². The predicted molar refractivity (Wildman–Crippen MR) is 88.2 cm³/mol. The molecule has 0 aliphatic carbocycles. The fourth-order valence-electron chi connectivity index (χ4n) is 2.62. The average molecular weight is 367 g/mol. The van der Waals surface area contributed by atoms with Crippen LogP contribution >= 0.6 is 34.8 Å². The van der Waals surface area contributed by atoms with Gasteiger partial charge in [0.2, 0.25) is 15.7 Å². The van der Waals surface area contributed by atoms with Crippen LogP contribution < -0.4 is 9.80 Å². The van der Waals surface area contributed by atoms with Crippen LogP contribution in [0.4, 0.5) is 11.9 Å². The van der Waals surface area contributed by atoms with Crippen molar-refractivity contribution in [3.8, 4) is 0 Å². The number of nitrogens with zero attached hydrogens (tertiary/aromatic N) is 5. The number of morpholine rings is 1. The summed E-state index contributed by atoms with van der Waals surface area (Å²) in [6, 6.07) is 0. The van der Waals surface area contributed by atoms with Gasteiger partial charge in [0.15, 0.2) is 5.82 Å². The molecule has 0 unspecified atom stereocenters. The Morgan fingerprint density at radius 3 is 1.86 bits per heavy atom. The highest BCUT2D eigenvalue weighted by Gasteiger charge is 2.30. The number of ether oxygens (including phenoxy) is 1. The van der Waals surface area contributed by atoms with Crippen LogP contribution in [0.25, 0.3) is 0 Å². The fraction of sp³-hybridized carbons (Fsp3) is 0.769. The molecule has 3 heterocycles. The number of rotatable bonds is 2. The van der Waals surface area contributed by atoms with Crippen LogP contribution in [0.15, 0.2) is 0 Å². The van der Waals surface area contributed by atoms with Crippen molar-refractivity contribution in [2.24, 2.45) is 0 Å². The van der Waals surface area contributed by atoms with E-state index in [9.17, 15) is 0 Å². The summed E-state index contributed by atoms with van der Waals surface area (Å²) in [6.45, 7) is 4.59. The molecule has 1 aromatic heterocycles. The summed E-state index contributed by atoms with van der Waals surface area (Å²) in [7, 11) is 0. The molecular weight excluding hydrogens is 349 g/mol. The van der Waals surface area contributed by atoms with Gasteiger partial charge in [-0.25, -0.2) is 0 Å². The highest BCUT2D eigenvalue weighted by Crippen LogP contribution is 2.37. The van der Waals surface area contributed by atoms with Gasteiger partial charge in [-0.05, 0) is 19.3 Å². The fourth-order valence-corrected chi connectivity index (χ4v) is 2.87. The summed E-state index contributed by atoms with van der Waals surface area (Å²) >= 11 is 18.0. The van der Waals surface area contributed by atoms with Crippen molar-refractivity contribution in [3.05, 3.63) is 5.82 Å². The van der Waals surface area contributed by atoms with Gasteiger partial charge >= 0.3 is 0 Å². The van der Waals surface area contributed by atoms with Crippen molar-refractivity contribution < 1.29 is 4.74 Å². The molecule has 0 amide bonds. The summed E-state index contributed by atoms with van der Waals surface area (Å²) in [5.74, 6) is 1.33. The molecule has 0 atom stereocenters. The molecule has 2 saturated heterocycles. The predicted octanol–water partition coefficient (Wildman–Crippen LogP) is 2.53. The standard InChI is InChI=1S/C13H18Cl3N5O/c14-13(15,16)10-17-11(20-4-2-1-3-5-20)19-12(18-10)21-6-8-22-9-7-21/h1-9H2. The van der Waals surface area contributed by atoms with Crippen molar-refractivity contribution in [2.45, 2.75) is 23.1 Å². The normalized spacial score (nSPS) is 20.3. The van der Waals surface area contributed by atoms with Crippen LogP contribution in [0.1, 0.15) is 25.1 Å². The zero-order valence-corrected chi connectivity index (χ0v) is 14.4. The first-order valence-corrected chi connectivity index (χ1v) is 8.58. The number of halogens is 3. The molecule has 0 aromatic carbocycles. The summed E-state index contributed by atoms with van der Waals surface area (Å²) < 4.78 is 3.71. The molecule has 6 nitrogen and oxygen atoms in total. The Morgan fingerprint density at radius 1 is 0.773 bits per heavy atom. The maximum absolute atomic E-state index is 6.00. The van der Waals surface area contributed by atoms with Crippen molar-refractivity contribution in [1.82, 2.24) is 15.0 Å². The van der Waals surface area contributed by atoms with Gasteiger partial charge in [0.1, 0.15) is 0 Å². The van der Waals surface area contributed by atoms with Crippen molar-refractivity contribution in [2.75, 3.05) is 49.2 Å². The van der Waals surface area contributed by atoms with Crippen molar-refractivity contribution in [1.29, 1.82) is 0 Å². The second-order valence-corrected chi connectivity index (χ2v) is 7.69. The molecule has 1 aromatic rings. The maximum atomic E-state index is 6.00. The number of anilines is 2. The molecule has 0 N–H and O–H groups in total. The Hall–Kier alpha value is -0.560. The minimum atomic E-state index is -1.66. The number of hydrogen-bond donors (Lipinski definition) is 0. The van der Waals surface area contributed by atoms with Gasteiger partial charge in [-0.1, -0.05) is 34.8 Å². The molecule has 3 rings (SSSR count). The molecule has 0 radical (unpaired) electrons. The van der Waals surface area contributed by atoms with E-state index in [4.69, 9.17) is 39.5 Å². The molecule has 0 bridgehead atoms. The lowest BCUT2D eigenvalue weighted by atomic mass is 10.1. The van der Waals surface area contributed by atoms with Crippen LogP contribution in [0.2, 0.25) is 0 Å². The van der Waals surface area contributed by atoms with E-state index in [2.05, 4.69) is 19.9 Å². The van der Waals surface area contributed by atoms with Crippen LogP contribution in [-0.4, -0.2) is 54.3 Å². The second-order valence-electron chi connectivity index (χ2n) is 5.40. The zero-order chi connectivity index (χ0) is 15.6. The Bertz CT molecular complexity index is 477. The molecule has 22 heavy (non-hydrogen) atoms. The molecule has 122 valence electrons. The van der Waals surface area contributed by atoms with Gasteiger partial charge in [0.05, 0.1) is 13.2 Å². The average Bonchev–Trinajstić information content (AvgIpc) is 2.55. The minimum Gasteiger partial charge on any atom is -0.378 e. The van der Waals surface area contributed by atoms with Crippen LogP contribution in [0.5, 0.6) is 0 Å². The summed E-state index contributed by atoms with van der Waals surface area (Å²) in [4.78, 5) is 17.5. The van der Waals surface area contributed by atoms with Gasteiger partial charge in [0, 0.05) is 26.2 Å². The Morgan fingerprint density at radius 2 is 1.32 bits per heavy atom. The number of aromatic nitrogens is 3. The van der Waals surface area contributed by atoms with Crippen LogP contribution in [0.3, 0.4) is 0 Å². The number of hydrogen-bond acceptors (Lipinski definition) is 6. The third-order valence-corrected chi connectivity index (χ3v) is 4.31. The Kier molecular flexibility index (Phi) is 5.12. The maximum Gasteiger partial charge on any atom is 0.250 e. The molecule has 2 fully saturated rings. The third kappa shape index (κ3) is 3.85. The van der Waals surface area contributed by atoms with Gasteiger partial charge in [-0.2, -0.15) is 15.0 Å². The second kappa shape index (κ2) is 6.91. The lowest BCUT2D eigenvalue weighted by Crippen LogP contribution is -2.39. The first-order valence-electron chi connectivity index (χ1n) is 7.45. The highest BCUT2D eigenvalue weighted by molar-refractivity contribution is 6.66.